The van der Waals surface area contributed by atoms with Crippen LogP contribution in [0.25, 0.3) is 11.5 Å². The predicted octanol–water partition coefficient (Wildman–Crippen LogP) is 1.80. The van der Waals surface area contributed by atoms with Crippen LogP contribution >= 0.6 is 0 Å². The topological polar surface area (TPSA) is 74.2 Å². The second-order valence-electron chi connectivity index (χ2n) is 3.74. The molecule has 0 bridgehead atoms. The lowest BCUT2D eigenvalue weighted by molar-refractivity contribution is 0.177. The third-order valence-electron chi connectivity index (χ3n) is 2.39. The number of ether oxygens (including phenoxy) is 1. The van der Waals surface area contributed by atoms with E-state index in [1.54, 1.807) is 0 Å². The van der Waals surface area contributed by atoms with E-state index in [0.29, 0.717) is 0 Å². The van der Waals surface area contributed by atoms with Crippen LogP contribution in [0.3, 0.4) is 0 Å². The number of methoxy groups -OCH3 is 1. The summed E-state index contributed by atoms with van der Waals surface area (Å²) in [5, 5.41) is 3.53. The number of aromatic nitrogens is 2. The minimum absolute atomic E-state index is 0.0842. The molecular formula is C11H10F3N3O2. The first-order chi connectivity index (χ1) is 9.04. The zero-order chi connectivity index (χ0) is 14.0. The molecular weight excluding hydrogens is 263 g/mol. The lowest BCUT2D eigenvalue weighted by atomic mass is 10.2. The molecule has 2 aromatic rings. The van der Waals surface area contributed by atoms with Gasteiger partial charge in [0.25, 0.3) is 5.89 Å². The quantitative estimate of drug-likeness (QED) is 0.860. The molecule has 0 saturated carbocycles. The Morgan fingerprint density at radius 2 is 2.05 bits per heavy atom. The Kier molecular flexibility index (Phi) is 3.82. The molecule has 0 aliphatic heterocycles. The molecule has 2 rings (SSSR count). The second-order valence-corrected chi connectivity index (χ2v) is 3.74. The predicted molar refractivity (Wildman–Crippen MR) is 58.4 cm³/mol. The summed E-state index contributed by atoms with van der Waals surface area (Å²) < 4.78 is 48.9. The molecule has 102 valence electrons. The molecule has 1 aromatic carbocycles. The Labute approximate surface area is 106 Å². The molecule has 1 heterocycles. The average Bonchev–Trinajstić information content (AvgIpc) is 2.86. The number of hydrogen-bond donors (Lipinski definition) is 1. The van der Waals surface area contributed by atoms with Gasteiger partial charge in [0.15, 0.2) is 23.3 Å². The van der Waals surface area contributed by atoms with Crippen molar-refractivity contribution < 1.29 is 22.4 Å². The summed E-state index contributed by atoms with van der Waals surface area (Å²) >= 11 is 0. The van der Waals surface area contributed by atoms with Crippen LogP contribution in [-0.4, -0.2) is 23.9 Å². The van der Waals surface area contributed by atoms with Crippen molar-refractivity contribution in [1.29, 1.82) is 0 Å². The van der Waals surface area contributed by atoms with E-state index in [1.165, 1.54) is 7.11 Å². The van der Waals surface area contributed by atoms with E-state index in [1.807, 2.05) is 0 Å². The van der Waals surface area contributed by atoms with Gasteiger partial charge in [0.05, 0.1) is 18.2 Å². The third-order valence-corrected chi connectivity index (χ3v) is 2.39. The van der Waals surface area contributed by atoms with Crippen molar-refractivity contribution in [3.8, 4) is 11.5 Å². The fraction of sp³-hybridized carbons (Fsp3) is 0.273. The van der Waals surface area contributed by atoms with Gasteiger partial charge in [0, 0.05) is 7.11 Å². The highest BCUT2D eigenvalue weighted by Crippen LogP contribution is 2.25. The van der Waals surface area contributed by atoms with Crippen LogP contribution in [0.1, 0.15) is 11.9 Å². The van der Waals surface area contributed by atoms with Crippen LogP contribution in [0.5, 0.6) is 0 Å². The van der Waals surface area contributed by atoms with E-state index in [0.717, 1.165) is 12.1 Å². The van der Waals surface area contributed by atoms with Crippen molar-refractivity contribution in [1.82, 2.24) is 10.1 Å². The van der Waals surface area contributed by atoms with Crippen LogP contribution in [0.4, 0.5) is 13.2 Å². The first-order valence-corrected chi connectivity index (χ1v) is 5.26. The lowest BCUT2D eigenvalue weighted by Gasteiger charge is -2.03. The van der Waals surface area contributed by atoms with Crippen LogP contribution in [0, 0.1) is 17.5 Å². The minimum atomic E-state index is -1.60. The number of rotatable bonds is 4. The molecule has 0 spiro atoms. The molecule has 5 nitrogen and oxygen atoms in total. The number of benzene rings is 1. The first kappa shape index (κ1) is 13.5. The van der Waals surface area contributed by atoms with Crippen molar-refractivity contribution in [2.45, 2.75) is 6.04 Å². The summed E-state index contributed by atoms with van der Waals surface area (Å²) in [5.41, 5.74) is 5.32. The molecule has 0 amide bonds. The SMILES string of the molecule is COCC(N)c1noc(-c2ccc(F)c(F)c2F)n1. The van der Waals surface area contributed by atoms with Gasteiger partial charge < -0.3 is 15.0 Å². The Morgan fingerprint density at radius 1 is 1.32 bits per heavy atom. The standard InChI is InChI=1S/C11H10F3N3O2/c1-18-4-7(15)10-16-11(19-17-10)5-2-3-6(12)9(14)8(5)13/h2-3,7H,4,15H2,1H3. The lowest BCUT2D eigenvalue weighted by Crippen LogP contribution is -2.17. The number of nitrogens with zero attached hydrogens (tertiary/aromatic N) is 2. The molecule has 1 aromatic heterocycles. The Balaban J connectivity index is 2.36. The van der Waals surface area contributed by atoms with Crippen molar-refractivity contribution >= 4 is 0 Å². The van der Waals surface area contributed by atoms with Crippen molar-refractivity contribution in [2.24, 2.45) is 5.73 Å². The number of hydrogen-bond acceptors (Lipinski definition) is 5. The van der Waals surface area contributed by atoms with Gasteiger partial charge in [-0.2, -0.15) is 4.98 Å². The van der Waals surface area contributed by atoms with Gasteiger partial charge in [0.2, 0.25) is 0 Å². The smallest absolute Gasteiger partial charge is 0.261 e. The molecule has 0 saturated heterocycles. The van der Waals surface area contributed by atoms with Gasteiger partial charge in [-0.25, -0.2) is 13.2 Å². The fourth-order valence-electron chi connectivity index (χ4n) is 1.44. The summed E-state index contributed by atoms with van der Waals surface area (Å²) in [6.07, 6.45) is 0. The molecule has 2 N–H and O–H groups in total. The Bertz CT molecular complexity index is 589. The van der Waals surface area contributed by atoms with E-state index >= 15 is 0 Å². The third kappa shape index (κ3) is 2.59. The van der Waals surface area contributed by atoms with Gasteiger partial charge in [-0.15, -0.1) is 0 Å². The molecule has 1 unspecified atom stereocenters. The second kappa shape index (κ2) is 5.37. The van der Waals surface area contributed by atoms with E-state index in [4.69, 9.17) is 15.0 Å². The van der Waals surface area contributed by atoms with Gasteiger partial charge >= 0.3 is 0 Å². The Hall–Kier alpha value is -1.93. The Morgan fingerprint density at radius 3 is 2.74 bits per heavy atom. The highest BCUT2D eigenvalue weighted by molar-refractivity contribution is 5.54. The van der Waals surface area contributed by atoms with Crippen LogP contribution < -0.4 is 5.73 Å². The van der Waals surface area contributed by atoms with Crippen molar-refractivity contribution in [3.05, 3.63) is 35.4 Å². The molecule has 0 aliphatic carbocycles. The summed E-state index contributed by atoms with van der Waals surface area (Å²) in [6, 6.07) is 1.12. The van der Waals surface area contributed by atoms with E-state index in [2.05, 4.69) is 10.1 Å². The van der Waals surface area contributed by atoms with Gasteiger partial charge in [-0.1, -0.05) is 5.16 Å². The van der Waals surface area contributed by atoms with E-state index in [9.17, 15) is 13.2 Å². The maximum Gasteiger partial charge on any atom is 0.261 e. The summed E-state index contributed by atoms with van der Waals surface area (Å²) in [4.78, 5) is 3.82. The highest BCUT2D eigenvalue weighted by atomic mass is 19.2. The molecule has 1 atom stereocenters. The maximum absolute atomic E-state index is 13.5. The van der Waals surface area contributed by atoms with Crippen LogP contribution in [0.2, 0.25) is 0 Å². The zero-order valence-corrected chi connectivity index (χ0v) is 9.86. The van der Waals surface area contributed by atoms with Crippen LogP contribution in [0.15, 0.2) is 16.7 Å². The summed E-state index contributed by atoms with van der Waals surface area (Å²) in [6.45, 7) is 0.138. The largest absolute Gasteiger partial charge is 0.383 e. The molecule has 0 fully saturated rings. The molecule has 0 radical (unpaired) electrons. The minimum Gasteiger partial charge on any atom is -0.383 e. The van der Waals surface area contributed by atoms with Gasteiger partial charge in [0.1, 0.15) is 0 Å². The van der Waals surface area contributed by atoms with E-state index in [-0.39, 0.29) is 23.9 Å². The molecule has 0 aliphatic rings. The van der Waals surface area contributed by atoms with Crippen molar-refractivity contribution in [2.75, 3.05) is 13.7 Å². The summed E-state index contributed by atoms with van der Waals surface area (Å²) in [7, 11) is 1.44. The number of halogens is 3. The van der Waals surface area contributed by atoms with E-state index < -0.39 is 23.5 Å². The normalized spacial score (nSPS) is 12.7. The van der Waals surface area contributed by atoms with Gasteiger partial charge in [-0.05, 0) is 12.1 Å². The average molecular weight is 273 g/mol. The van der Waals surface area contributed by atoms with Crippen molar-refractivity contribution in [3.63, 3.8) is 0 Å². The highest BCUT2D eigenvalue weighted by Gasteiger charge is 2.21. The monoisotopic (exact) mass is 273 g/mol. The fourth-order valence-corrected chi connectivity index (χ4v) is 1.44. The maximum atomic E-state index is 13.5. The number of nitrogens with two attached hydrogens (primary N) is 1. The summed E-state index contributed by atoms with van der Waals surface area (Å²) in [5.74, 6) is -4.48. The molecule has 8 heteroatoms. The molecule has 19 heavy (non-hydrogen) atoms. The van der Waals surface area contributed by atoms with Gasteiger partial charge in [-0.3, -0.25) is 0 Å². The first-order valence-electron chi connectivity index (χ1n) is 5.26. The van der Waals surface area contributed by atoms with Crippen LogP contribution in [-0.2, 0) is 4.74 Å². The zero-order valence-electron chi connectivity index (χ0n) is 9.86.